The molecule has 0 radical (unpaired) electrons. The molecule has 0 bridgehead atoms. The number of hydrogen-bond acceptors (Lipinski definition) is 3. The van der Waals surface area contributed by atoms with Gasteiger partial charge in [-0.3, -0.25) is 0 Å². The molecule has 0 rings (SSSR count). The first-order chi connectivity index (χ1) is 3.68. The Morgan fingerprint density at radius 1 is 2.00 bits per heavy atom. The second kappa shape index (κ2) is 3.89. The number of hydrogen-bond donors (Lipinski definition) is 1. The van der Waals surface area contributed by atoms with E-state index < -0.39 is 12.0 Å². The van der Waals surface area contributed by atoms with Gasteiger partial charge in [-0.25, -0.2) is 0 Å². The molecule has 48 valence electrons. The van der Waals surface area contributed by atoms with Gasteiger partial charge in [0.1, 0.15) is 0 Å². The quantitative estimate of drug-likeness (QED) is 0.524. The van der Waals surface area contributed by atoms with E-state index in [-0.39, 0.29) is 0 Å². The standard InChI is InChI=1S/C4H9NO2Se/c1-8-2-3(5)4(6)7/h3H,2,5H2,1H3,(H,6,7)/p-1/t3-/m0/s1. The average Bonchev–Trinajstić information content (AvgIpc) is 1.67. The van der Waals surface area contributed by atoms with Gasteiger partial charge in [0.05, 0.1) is 0 Å². The minimum atomic E-state index is -1.14. The van der Waals surface area contributed by atoms with Gasteiger partial charge in [-0.15, -0.1) is 0 Å². The van der Waals surface area contributed by atoms with E-state index in [2.05, 4.69) is 0 Å². The van der Waals surface area contributed by atoms with Gasteiger partial charge in [-0.05, 0) is 0 Å². The Morgan fingerprint density at radius 3 is 2.62 bits per heavy atom. The van der Waals surface area contributed by atoms with Gasteiger partial charge in [-0.1, -0.05) is 0 Å². The summed E-state index contributed by atoms with van der Waals surface area (Å²) >= 11 is 0.333. The molecule has 4 heteroatoms. The van der Waals surface area contributed by atoms with Crippen LogP contribution < -0.4 is 10.8 Å². The molecule has 0 heterocycles. The van der Waals surface area contributed by atoms with Crippen molar-refractivity contribution in [1.82, 2.24) is 0 Å². The van der Waals surface area contributed by atoms with Crippen molar-refractivity contribution in [3.8, 4) is 0 Å². The molecule has 0 aliphatic heterocycles. The van der Waals surface area contributed by atoms with E-state index in [9.17, 15) is 9.90 Å². The molecule has 8 heavy (non-hydrogen) atoms. The summed E-state index contributed by atoms with van der Waals surface area (Å²) in [5.41, 5.74) is 5.08. The number of carbonyl (C=O) groups is 1. The number of aliphatic carboxylic acids is 1. The summed E-state index contributed by atoms with van der Waals surface area (Å²) in [4.78, 5) is 9.86. The molecular weight excluding hydrogens is 173 g/mol. The molecule has 0 saturated heterocycles. The van der Waals surface area contributed by atoms with Crippen LogP contribution in [-0.4, -0.2) is 27.0 Å². The van der Waals surface area contributed by atoms with Crippen LogP contribution in [0.4, 0.5) is 0 Å². The zero-order valence-corrected chi connectivity index (χ0v) is 6.30. The number of nitrogens with two attached hydrogens (primary N) is 1. The van der Waals surface area contributed by atoms with Gasteiger partial charge in [0, 0.05) is 0 Å². The van der Waals surface area contributed by atoms with E-state index in [4.69, 9.17) is 5.73 Å². The Labute approximate surface area is 54.4 Å². The third kappa shape index (κ3) is 3.02. The van der Waals surface area contributed by atoms with Gasteiger partial charge in [0.25, 0.3) is 0 Å². The van der Waals surface area contributed by atoms with Gasteiger partial charge < -0.3 is 0 Å². The average molecular weight is 181 g/mol. The minimum absolute atomic E-state index is 0.333. The third-order valence-electron chi connectivity index (χ3n) is 0.649. The predicted molar refractivity (Wildman–Crippen MR) is 29.4 cm³/mol. The first kappa shape index (κ1) is 7.95. The maximum absolute atomic E-state index is 9.86. The molecule has 0 unspecified atom stereocenters. The van der Waals surface area contributed by atoms with Crippen molar-refractivity contribution in [2.75, 3.05) is 0 Å². The van der Waals surface area contributed by atoms with Crippen molar-refractivity contribution in [2.45, 2.75) is 17.2 Å². The van der Waals surface area contributed by atoms with Crippen LogP contribution >= 0.6 is 0 Å². The number of rotatable bonds is 3. The molecule has 0 amide bonds. The van der Waals surface area contributed by atoms with Crippen LogP contribution in [-0.2, 0) is 4.79 Å². The van der Waals surface area contributed by atoms with Gasteiger partial charge in [0.15, 0.2) is 0 Å². The van der Waals surface area contributed by atoms with Crippen LogP contribution in [0.2, 0.25) is 11.1 Å². The van der Waals surface area contributed by atoms with Crippen LogP contribution in [0.15, 0.2) is 0 Å². The fraction of sp³-hybridized carbons (Fsp3) is 0.750. The fourth-order valence-electron chi connectivity index (χ4n) is 0.248. The molecule has 0 aromatic carbocycles. The van der Waals surface area contributed by atoms with Crippen molar-refractivity contribution in [3.63, 3.8) is 0 Å². The van der Waals surface area contributed by atoms with E-state index >= 15 is 0 Å². The van der Waals surface area contributed by atoms with Gasteiger partial charge in [-0.2, -0.15) is 0 Å². The Balaban J connectivity index is 3.32. The van der Waals surface area contributed by atoms with Crippen molar-refractivity contribution in [2.24, 2.45) is 5.73 Å². The van der Waals surface area contributed by atoms with E-state index in [1.807, 2.05) is 5.82 Å². The number of carboxylic acids is 1. The summed E-state index contributed by atoms with van der Waals surface area (Å²) in [5.74, 6) is 0.796. The van der Waals surface area contributed by atoms with Crippen molar-refractivity contribution >= 4 is 20.9 Å². The zero-order chi connectivity index (χ0) is 6.57. The first-order valence-electron chi connectivity index (χ1n) is 2.14. The number of carboxylic acid groups (broad SMARTS) is 1. The van der Waals surface area contributed by atoms with Crippen LogP contribution in [0.25, 0.3) is 0 Å². The van der Waals surface area contributed by atoms with E-state index in [1.165, 1.54) is 0 Å². The monoisotopic (exact) mass is 182 g/mol. The summed E-state index contributed by atoms with van der Waals surface area (Å²) in [6.45, 7) is 0. The van der Waals surface area contributed by atoms with Crippen molar-refractivity contribution < 1.29 is 9.90 Å². The van der Waals surface area contributed by atoms with Gasteiger partial charge in [0.2, 0.25) is 0 Å². The molecule has 0 spiro atoms. The summed E-state index contributed by atoms with van der Waals surface area (Å²) in [6, 6.07) is -0.750. The summed E-state index contributed by atoms with van der Waals surface area (Å²) < 4.78 is 0. The molecule has 3 nitrogen and oxygen atoms in total. The molecule has 0 saturated carbocycles. The van der Waals surface area contributed by atoms with Crippen LogP contribution in [0.3, 0.4) is 0 Å². The zero-order valence-electron chi connectivity index (χ0n) is 4.59. The normalized spacial score (nSPS) is 13.2. The maximum atomic E-state index is 9.86. The first-order valence-corrected chi connectivity index (χ1v) is 5.06. The van der Waals surface area contributed by atoms with E-state index in [0.717, 1.165) is 0 Å². The number of carbonyl (C=O) groups excluding carboxylic acids is 1. The SMILES string of the molecule is C[Se]C[C@H](N)C(=O)[O-]. The Hall–Kier alpha value is -0.0505. The summed E-state index contributed by atoms with van der Waals surface area (Å²) in [5, 5.41) is 10.4. The molecule has 0 aliphatic rings. The second-order valence-electron chi connectivity index (χ2n) is 1.38. The third-order valence-corrected chi connectivity index (χ3v) is 2.10. The Kier molecular flexibility index (Phi) is 3.87. The Bertz CT molecular complexity index is 86.1. The molecule has 0 fully saturated rings. The summed E-state index contributed by atoms with van der Waals surface area (Å²) in [6.07, 6.45) is 0. The molecule has 0 aromatic heterocycles. The predicted octanol–water partition coefficient (Wildman–Crippen LogP) is -1.77. The van der Waals surface area contributed by atoms with Crippen LogP contribution in [0.1, 0.15) is 0 Å². The van der Waals surface area contributed by atoms with Crippen molar-refractivity contribution in [3.05, 3.63) is 0 Å². The molecular formula is C4H8NO2Se-. The van der Waals surface area contributed by atoms with E-state index in [0.29, 0.717) is 20.3 Å². The topological polar surface area (TPSA) is 66.2 Å². The van der Waals surface area contributed by atoms with Crippen LogP contribution in [0, 0.1) is 0 Å². The summed E-state index contributed by atoms with van der Waals surface area (Å²) in [7, 11) is 0. The fourth-order valence-corrected chi connectivity index (χ4v) is 1.29. The van der Waals surface area contributed by atoms with Crippen molar-refractivity contribution in [1.29, 1.82) is 0 Å². The molecule has 2 N–H and O–H groups in total. The van der Waals surface area contributed by atoms with Gasteiger partial charge >= 0.3 is 53.7 Å². The van der Waals surface area contributed by atoms with Crippen LogP contribution in [0.5, 0.6) is 0 Å². The second-order valence-corrected chi connectivity index (χ2v) is 3.29. The van der Waals surface area contributed by atoms with E-state index in [1.54, 1.807) is 0 Å². The molecule has 0 aliphatic carbocycles. The Morgan fingerprint density at radius 2 is 2.50 bits per heavy atom. The molecule has 0 aromatic rings. The molecule has 1 atom stereocenters.